The van der Waals surface area contributed by atoms with Crippen LogP contribution in [-0.4, -0.2) is 115 Å². The number of carboxylic acid groups (broad SMARTS) is 2. The third-order valence-corrected chi connectivity index (χ3v) is 15.9. The van der Waals surface area contributed by atoms with Crippen molar-refractivity contribution >= 4 is 45.7 Å². The van der Waals surface area contributed by atoms with Crippen molar-refractivity contribution in [3.8, 4) is 0 Å². The normalized spacial score (nSPS) is 34.0. The number of aliphatic carboxylic acids is 2. The average Bonchev–Trinajstić information content (AvgIpc) is 4.19. The molecule has 8 aliphatic heterocycles. The highest BCUT2D eigenvalue weighted by atomic mass is 16.6. The summed E-state index contributed by atoms with van der Waals surface area (Å²) in [6, 6.07) is 20.5. The number of ether oxygens (including phenoxy) is 2. The van der Waals surface area contributed by atoms with Gasteiger partial charge in [0.05, 0.1) is 46.9 Å². The summed E-state index contributed by atoms with van der Waals surface area (Å²) in [6.45, 7) is 16.2. The van der Waals surface area contributed by atoms with Crippen molar-refractivity contribution in [2.24, 2.45) is 47.3 Å². The van der Waals surface area contributed by atoms with Crippen LogP contribution in [-0.2, 0) is 28.7 Å². The van der Waals surface area contributed by atoms with Gasteiger partial charge in [-0.15, -0.1) is 13.2 Å². The van der Waals surface area contributed by atoms with Gasteiger partial charge in [-0.05, 0) is 124 Å². The van der Waals surface area contributed by atoms with E-state index in [2.05, 4.69) is 57.2 Å². The largest absolute Gasteiger partial charge is 0.481 e. The number of aliphatic hydroxyl groups is 2. The van der Waals surface area contributed by atoms with Crippen LogP contribution in [0.1, 0.15) is 88.5 Å². The Labute approximate surface area is 398 Å². The highest BCUT2D eigenvalue weighted by Crippen LogP contribution is 2.45. The average molecular weight is 931 g/mol. The number of pyridine rings is 2. The highest BCUT2D eigenvalue weighted by molar-refractivity contribution is 5.85. The van der Waals surface area contributed by atoms with Crippen molar-refractivity contribution in [3.63, 3.8) is 0 Å². The van der Waals surface area contributed by atoms with Crippen molar-refractivity contribution < 1.29 is 49.1 Å². The van der Waals surface area contributed by atoms with Crippen molar-refractivity contribution in [2.75, 3.05) is 26.2 Å². The monoisotopic (exact) mass is 930 g/mol. The first-order valence-electron chi connectivity index (χ1n) is 24.6. The predicted octanol–water partition coefficient (Wildman–Crippen LogP) is 7.40. The van der Waals surface area contributed by atoms with Gasteiger partial charge in [0.2, 0.25) is 0 Å². The lowest BCUT2D eigenvalue weighted by molar-refractivity contribution is -0.158. The smallest absolute Gasteiger partial charge is 0.310 e. The molecule has 2 aliphatic carbocycles. The lowest BCUT2D eigenvalue weighted by Crippen LogP contribution is -2.54. The van der Waals surface area contributed by atoms with Gasteiger partial charge >= 0.3 is 23.9 Å². The van der Waals surface area contributed by atoms with Crippen LogP contribution >= 0.6 is 0 Å². The van der Waals surface area contributed by atoms with Crippen LogP contribution in [0.25, 0.3) is 21.8 Å². The summed E-state index contributed by atoms with van der Waals surface area (Å²) in [4.78, 5) is 56.5. The predicted molar refractivity (Wildman–Crippen MR) is 256 cm³/mol. The second-order valence-electron chi connectivity index (χ2n) is 19.4. The maximum Gasteiger partial charge on any atom is 0.310 e. The van der Waals surface area contributed by atoms with Gasteiger partial charge in [-0.3, -0.25) is 38.9 Å². The summed E-state index contributed by atoms with van der Waals surface area (Å²) in [5, 5.41) is 41.5. The zero-order chi connectivity index (χ0) is 48.2. The summed E-state index contributed by atoms with van der Waals surface area (Å²) in [6.07, 6.45) is 13.5. The van der Waals surface area contributed by atoms with E-state index < -0.39 is 36.0 Å². The van der Waals surface area contributed by atoms with Crippen LogP contribution in [0.15, 0.2) is 98.4 Å². The number of esters is 2. The zero-order valence-corrected chi connectivity index (χ0v) is 39.1. The third kappa shape index (κ3) is 9.97. The molecular weight excluding hydrogens is 865 g/mol. The van der Waals surface area contributed by atoms with Gasteiger partial charge in [0, 0.05) is 48.3 Å². The summed E-state index contributed by atoms with van der Waals surface area (Å²) in [5.41, 5.74) is 3.94. The number of para-hydroxylation sites is 2. The number of piperidine rings is 6. The van der Waals surface area contributed by atoms with E-state index in [-0.39, 0.29) is 48.1 Å². The lowest BCUT2D eigenvalue weighted by Gasteiger charge is -2.50. The maximum atomic E-state index is 11.0. The lowest BCUT2D eigenvalue weighted by atomic mass is 9.73. The Morgan fingerprint density at radius 2 is 1.03 bits per heavy atom. The fourth-order valence-electron chi connectivity index (χ4n) is 12.3. The molecule has 2 aromatic heterocycles. The van der Waals surface area contributed by atoms with Crippen LogP contribution in [0.5, 0.6) is 0 Å². The van der Waals surface area contributed by atoms with Crippen LogP contribution in [0.2, 0.25) is 0 Å². The van der Waals surface area contributed by atoms with E-state index in [1.165, 1.54) is 12.8 Å². The van der Waals surface area contributed by atoms with Gasteiger partial charge in [-0.1, -0.05) is 62.4 Å². The third-order valence-electron chi connectivity index (χ3n) is 15.9. The number of fused-ring (bicyclic) bond motifs is 12. The molecule has 4 aromatic rings. The Morgan fingerprint density at radius 1 is 0.632 bits per heavy atom. The molecule has 14 unspecified atom stereocenters. The minimum absolute atomic E-state index is 0.117. The van der Waals surface area contributed by atoms with E-state index in [1.54, 1.807) is 0 Å². The number of aliphatic hydroxyl groups excluding tert-OH is 2. The Morgan fingerprint density at radius 3 is 1.34 bits per heavy atom. The minimum Gasteiger partial charge on any atom is -0.481 e. The zero-order valence-electron chi connectivity index (χ0n) is 39.1. The molecule has 4 N–H and O–H groups in total. The maximum absolute atomic E-state index is 11.0. The van der Waals surface area contributed by atoms with Crippen molar-refractivity contribution in [1.82, 2.24) is 19.8 Å². The molecular formula is C54H66N4O10. The van der Waals surface area contributed by atoms with Crippen molar-refractivity contribution in [2.45, 2.75) is 102 Å². The molecule has 10 aliphatic rings. The van der Waals surface area contributed by atoms with Gasteiger partial charge in [0.25, 0.3) is 0 Å². The minimum atomic E-state index is -0.867. The molecule has 0 spiro atoms. The van der Waals surface area contributed by atoms with E-state index in [1.807, 2.05) is 74.8 Å². The number of rotatable bonds is 8. The number of benzene rings is 2. The molecule has 2 aromatic carbocycles. The molecule has 14 heteroatoms. The fraction of sp³-hybridized carbons (Fsp3) is 0.519. The van der Waals surface area contributed by atoms with Crippen LogP contribution in [0.3, 0.4) is 0 Å². The highest BCUT2D eigenvalue weighted by Gasteiger charge is 2.52. The van der Waals surface area contributed by atoms with Gasteiger partial charge < -0.3 is 29.9 Å². The van der Waals surface area contributed by atoms with E-state index in [4.69, 9.17) is 19.7 Å². The topological polar surface area (TPSA) is 200 Å². The van der Waals surface area contributed by atoms with Crippen molar-refractivity contribution in [1.29, 1.82) is 0 Å². The Hall–Kier alpha value is -5.54. The SMILES string of the molecule is C=CC1CN2CCC1CC2[C@H](O)c1ccnc2ccccc12.C=CC1CN2CCC1CC2[C@H](O)c1ccnc2ccccc12.CC.O=C(O)C1CC2CC1C(=O)O2.O=C(O)C1CC2CC1C(=O)O2. The molecule has 2 saturated carbocycles. The second kappa shape index (κ2) is 21.4. The number of hydrogen-bond donors (Lipinski definition) is 4. The number of hydrogen-bond acceptors (Lipinski definition) is 12. The van der Waals surface area contributed by atoms with E-state index >= 15 is 0 Å². The van der Waals surface area contributed by atoms with Gasteiger partial charge in [-0.25, -0.2) is 0 Å². The number of carbonyl (C=O) groups excluding carboxylic acids is 2. The van der Waals surface area contributed by atoms with Crippen LogP contribution in [0, 0.1) is 47.3 Å². The standard InChI is InChI=1S/2C19H22N2O.2C7H8O4.C2H6/c2*1-2-13-12-21-10-8-14(13)11-18(21)19(22)16-7-9-20-17-6-4-3-5-15(16)17;2*8-6(9)4-1-3-2-5(4)7(10)11-3;1-2/h2*2-7,9,13-14,18-19,22H,1,8,10-12H2;2*3-5H,1-2H2,(H,8,9);1-2H3/t2*13?,14?,18?,19-;;;/m11.../s1. The number of carboxylic acids is 2. The molecule has 10 heterocycles. The Balaban J connectivity index is 0.000000127. The molecule has 0 amide bonds. The van der Waals surface area contributed by atoms with Gasteiger partial charge in [0.1, 0.15) is 12.2 Å². The Kier molecular flexibility index (Phi) is 15.4. The number of carbonyl (C=O) groups is 4. The summed E-state index contributed by atoms with van der Waals surface area (Å²) in [7, 11) is 0. The quantitative estimate of drug-likeness (QED) is 0.101. The molecule has 8 bridgehead atoms. The molecule has 362 valence electrons. The first-order valence-corrected chi connectivity index (χ1v) is 24.6. The van der Waals surface area contributed by atoms with Gasteiger partial charge in [-0.2, -0.15) is 0 Å². The second-order valence-corrected chi connectivity index (χ2v) is 19.4. The summed E-state index contributed by atoms with van der Waals surface area (Å²) >= 11 is 0. The van der Waals surface area contributed by atoms with Crippen LogP contribution < -0.4 is 0 Å². The number of aromatic nitrogens is 2. The Bertz CT molecular complexity index is 2300. The molecule has 10 fully saturated rings. The van der Waals surface area contributed by atoms with E-state index in [0.717, 1.165) is 72.0 Å². The van der Waals surface area contributed by atoms with Crippen LogP contribution in [0.4, 0.5) is 0 Å². The fourth-order valence-corrected chi connectivity index (χ4v) is 12.3. The summed E-state index contributed by atoms with van der Waals surface area (Å²) < 4.78 is 9.68. The first kappa shape index (κ1) is 48.9. The molecule has 16 atom stereocenters. The summed E-state index contributed by atoms with van der Waals surface area (Å²) in [5.74, 6) is -1.55. The molecule has 14 nitrogen and oxygen atoms in total. The molecule has 8 saturated heterocycles. The van der Waals surface area contributed by atoms with Crippen molar-refractivity contribution in [3.05, 3.63) is 109 Å². The van der Waals surface area contributed by atoms with E-state index in [0.29, 0.717) is 49.4 Å². The first-order chi connectivity index (χ1) is 32.9. The number of nitrogens with zero attached hydrogens (tertiary/aromatic N) is 4. The molecule has 14 rings (SSSR count). The molecule has 0 radical (unpaired) electrons. The van der Waals surface area contributed by atoms with E-state index in [9.17, 15) is 29.4 Å². The van der Waals surface area contributed by atoms with Gasteiger partial charge in [0.15, 0.2) is 0 Å². The molecule has 68 heavy (non-hydrogen) atoms.